The van der Waals surface area contributed by atoms with Crippen LogP contribution < -0.4 is 9.64 Å². The standard InChI is InChI=1S/C25H24ClN3O2S/c1-28(2)16-7-17-29(25-27-23-21(26)10-6-11-22(23)32-25)24(30)18-12-14-20(15-13-18)31-19-8-4-3-5-9-19/h3-6,8-15H,7,16-17H2,1-2H3. The fourth-order valence-electron chi connectivity index (χ4n) is 3.29. The monoisotopic (exact) mass is 465 g/mol. The molecule has 0 aliphatic carbocycles. The number of amides is 1. The Labute approximate surface area is 196 Å². The molecule has 4 rings (SSSR count). The van der Waals surface area contributed by atoms with Gasteiger partial charge in [-0.2, -0.15) is 0 Å². The van der Waals surface area contributed by atoms with Gasteiger partial charge in [-0.1, -0.05) is 47.2 Å². The summed E-state index contributed by atoms with van der Waals surface area (Å²) in [6, 6.07) is 22.5. The quantitative estimate of drug-likeness (QED) is 0.304. The van der Waals surface area contributed by atoms with Crippen molar-refractivity contribution in [3.63, 3.8) is 0 Å². The number of carbonyl (C=O) groups is 1. The first-order valence-electron chi connectivity index (χ1n) is 10.4. The number of hydrogen-bond donors (Lipinski definition) is 0. The van der Waals surface area contributed by atoms with Crippen molar-refractivity contribution in [2.45, 2.75) is 6.42 Å². The summed E-state index contributed by atoms with van der Waals surface area (Å²) in [5.74, 6) is 1.34. The van der Waals surface area contributed by atoms with Crippen molar-refractivity contribution in [3.05, 3.63) is 83.4 Å². The van der Waals surface area contributed by atoms with Crippen LogP contribution in [-0.2, 0) is 0 Å². The Morgan fingerprint density at radius 3 is 2.34 bits per heavy atom. The normalized spacial score (nSPS) is 11.1. The first kappa shape index (κ1) is 22.3. The molecule has 0 saturated carbocycles. The molecule has 0 aliphatic heterocycles. The molecular formula is C25H24ClN3O2S. The molecule has 7 heteroatoms. The average molecular weight is 466 g/mol. The van der Waals surface area contributed by atoms with Crippen LogP contribution in [0.2, 0.25) is 5.02 Å². The van der Waals surface area contributed by atoms with Crippen LogP contribution in [0.5, 0.6) is 11.5 Å². The summed E-state index contributed by atoms with van der Waals surface area (Å²) >= 11 is 7.80. The number of aromatic nitrogens is 1. The highest BCUT2D eigenvalue weighted by Crippen LogP contribution is 2.33. The molecule has 5 nitrogen and oxygen atoms in total. The highest BCUT2D eigenvalue weighted by molar-refractivity contribution is 7.22. The lowest BCUT2D eigenvalue weighted by Crippen LogP contribution is -2.33. The van der Waals surface area contributed by atoms with E-state index in [-0.39, 0.29) is 5.91 Å². The minimum Gasteiger partial charge on any atom is -0.457 e. The SMILES string of the molecule is CN(C)CCCN(C(=O)c1ccc(Oc2ccccc2)cc1)c1nc2c(Cl)cccc2s1. The molecule has 1 heterocycles. The zero-order valence-corrected chi connectivity index (χ0v) is 19.6. The topological polar surface area (TPSA) is 45.7 Å². The van der Waals surface area contributed by atoms with E-state index in [0.717, 1.165) is 28.9 Å². The van der Waals surface area contributed by atoms with E-state index in [0.29, 0.717) is 28.0 Å². The van der Waals surface area contributed by atoms with Gasteiger partial charge in [0.05, 0.1) is 9.72 Å². The van der Waals surface area contributed by atoms with E-state index in [1.54, 1.807) is 17.0 Å². The molecule has 32 heavy (non-hydrogen) atoms. The molecule has 1 amide bonds. The van der Waals surface area contributed by atoms with E-state index in [2.05, 4.69) is 9.88 Å². The number of thiazole rings is 1. The molecule has 0 radical (unpaired) electrons. The van der Waals surface area contributed by atoms with Crippen LogP contribution in [-0.4, -0.2) is 43.0 Å². The number of hydrogen-bond acceptors (Lipinski definition) is 5. The lowest BCUT2D eigenvalue weighted by molar-refractivity contribution is 0.0986. The van der Waals surface area contributed by atoms with E-state index in [1.165, 1.54) is 11.3 Å². The Morgan fingerprint density at radius 2 is 1.66 bits per heavy atom. The molecule has 0 N–H and O–H groups in total. The van der Waals surface area contributed by atoms with E-state index in [9.17, 15) is 4.79 Å². The Kier molecular flexibility index (Phi) is 7.05. The number of nitrogens with zero attached hydrogens (tertiary/aromatic N) is 3. The number of fused-ring (bicyclic) bond motifs is 1. The van der Waals surface area contributed by atoms with Crippen molar-refractivity contribution in [2.24, 2.45) is 0 Å². The Balaban J connectivity index is 1.58. The Hall–Kier alpha value is -2.93. The highest BCUT2D eigenvalue weighted by Gasteiger charge is 2.22. The molecule has 3 aromatic carbocycles. The molecular weight excluding hydrogens is 442 g/mol. The smallest absolute Gasteiger partial charge is 0.260 e. The lowest BCUT2D eigenvalue weighted by atomic mass is 10.2. The molecule has 0 spiro atoms. The van der Waals surface area contributed by atoms with Gasteiger partial charge in [0, 0.05) is 12.1 Å². The predicted molar refractivity (Wildman–Crippen MR) is 132 cm³/mol. The Morgan fingerprint density at radius 1 is 0.938 bits per heavy atom. The third-order valence-corrected chi connectivity index (χ3v) is 6.25. The van der Waals surface area contributed by atoms with Gasteiger partial charge in [0.25, 0.3) is 5.91 Å². The lowest BCUT2D eigenvalue weighted by Gasteiger charge is -2.21. The first-order valence-corrected chi connectivity index (χ1v) is 11.6. The van der Waals surface area contributed by atoms with Crippen LogP contribution in [0.4, 0.5) is 5.13 Å². The van der Waals surface area contributed by atoms with Crippen LogP contribution in [0.15, 0.2) is 72.8 Å². The van der Waals surface area contributed by atoms with Crippen LogP contribution in [0, 0.1) is 0 Å². The van der Waals surface area contributed by atoms with E-state index in [1.807, 2.05) is 74.8 Å². The van der Waals surface area contributed by atoms with Gasteiger partial charge in [0.1, 0.15) is 17.0 Å². The van der Waals surface area contributed by atoms with Crippen LogP contribution >= 0.6 is 22.9 Å². The third-order valence-electron chi connectivity index (χ3n) is 4.90. The summed E-state index contributed by atoms with van der Waals surface area (Å²) in [5.41, 5.74) is 1.31. The van der Waals surface area contributed by atoms with Crippen molar-refractivity contribution in [1.29, 1.82) is 0 Å². The summed E-state index contributed by atoms with van der Waals surface area (Å²) in [6.45, 7) is 1.44. The second-order valence-corrected chi connectivity index (χ2v) is 9.05. The fourth-order valence-corrected chi connectivity index (χ4v) is 4.58. The van der Waals surface area contributed by atoms with Gasteiger partial charge in [-0.05, 0) is 75.6 Å². The predicted octanol–water partition coefficient (Wildman–Crippen LogP) is 6.34. The zero-order chi connectivity index (χ0) is 22.5. The first-order chi connectivity index (χ1) is 15.5. The molecule has 164 valence electrons. The van der Waals surface area contributed by atoms with E-state index >= 15 is 0 Å². The van der Waals surface area contributed by atoms with Gasteiger partial charge >= 0.3 is 0 Å². The average Bonchev–Trinajstić information content (AvgIpc) is 3.23. The Bertz CT molecular complexity index is 1190. The molecule has 0 aliphatic rings. The number of carbonyl (C=O) groups excluding carboxylic acids is 1. The van der Waals surface area contributed by atoms with Crippen LogP contribution in [0.25, 0.3) is 10.2 Å². The van der Waals surface area contributed by atoms with E-state index in [4.69, 9.17) is 16.3 Å². The number of halogens is 1. The van der Waals surface area contributed by atoms with Gasteiger partial charge in [-0.15, -0.1) is 0 Å². The second-order valence-electron chi connectivity index (χ2n) is 7.64. The highest BCUT2D eigenvalue weighted by atomic mass is 35.5. The maximum absolute atomic E-state index is 13.5. The zero-order valence-electron chi connectivity index (χ0n) is 18.0. The number of benzene rings is 3. The number of ether oxygens (including phenoxy) is 1. The van der Waals surface area contributed by atoms with Crippen molar-refractivity contribution in [2.75, 3.05) is 32.1 Å². The second kappa shape index (κ2) is 10.1. The van der Waals surface area contributed by atoms with Gasteiger partial charge in [0.15, 0.2) is 5.13 Å². The van der Waals surface area contributed by atoms with Crippen molar-refractivity contribution in [3.8, 4) is 11.5 Å². The van der Waals surface area contributed by atoms with Gasteiger partial charge in [-0.25, -0.2) is 4.98 Å². The fraction of sp³-hybridized carbons (Fsp3) is 0.200. The number of rotatable bonds is 8. The summed E-state index contributed by atoms with van der Waals surface area (Å²) in [7, 11) is 4.05. The van der Waals surface area contributed by atoms with Gasteiger partial charge < -0.3 is 9.64 Å². The van der Waals surface area contributed by atoms with Gasteiger partial charge in [0.2, 0.25) is 0 Å². The summed E-state index contributed by atoms with van der Waals surface area (Å²) < 4.78 is 6.81. The van der Waals surface area contributed by atoms with E-state index < -0.39 is 0 Å². The number of anilines is 1. The van der Waals surface area contributed by atoms with Crippen LogP contribution in [0.1, 0.15) is 16.8 Å². The molecule has 0 fully saturated rings. The maximum atomic E-state index is 13.5. The van der Waals surface area contributed by atoms with Crippen molar-refractivity contribution < 1.29 is 9.53 Å². The largest absolute Gasteiger partial charge is 0.457 e. The molecule has 0 unspecified atom stereocenters. The maximum Gasteiger partial charge on any atom is 0.260 e. The molecule has 0 atom stereocenters. The third kappa shape index (κ3) is 5.27. The van der Waals surface area contributed by atoms with Crippen molar-refractivity contribution in [1.82, 2.24) is 9.88 Å². The molecule has 1 aromatic heterocycles. The summed E-state index contributed by atoms with van der Waals surface area (Å²) in [4.78, 5) is 22.0. The molecule has 0 bridgehead atoms. The van der Waals surface area contributed by atoms with Gasteiger partial charge in [-0.3, -0.25) is 9.69 Å². The van der Waals surface area contributed by atoms with Crippen LogP contribution in [0.3, 0.4) is 0 Å². The number of para-hydroxylation sites is 2. The summed E-state index contributed by atoms with van der Waals surface area (Å²) in [5, 5.41) is 1.24. The molecule has 0 saturated heterocycles. The minimum absolute atomic E-state index is 0.0924. The van der Waals surface area contributed by atoms with Crippen molar-refractivity contribution >= 4 is 44.2 Å². The molecule has 4 aromatic rings. The minimum atomic E-state index is -0.0924. The summed E-state index contributed by atoms with van der Waals surface area (Å²) in [6.07, 6.45) is 0.831.